The van der Waals surface area contributed by atoms with Crippen molar-refractivity contribution in [1.29, 1.82) is 0 Å². The van der Waals surface area contributed by atoms with Crippen molar-refractivity contribution in [3.8, 4) is 11.6 Å². The van der Waals surface area contributed by atoms with Crippen LogP contribution in [0.5, 0.6) is 11.6 Å². The molecule has 0 spiro atoms. The number of halogens is 1. The van der Waals surface area contributed by atoms with E-state index in [2.05, 4.69) is 10.5 Å². The molecule has 1 aromatic carbocycles. The van der Waals surface area contributed by atoms with Gasteiger partial charge in [0, 0.05) is 29.2 Å². The fraction of sp³-hybridized carbons (Fsp3) is 0.632. The number of carbonyl (C=O) groups is 3. The number of aliphatic hydroxyl groups excluding tert-OH is 1. The highest BCUT2D eigenvalue weighted by Crippen LogP contribution is 2.56. The van der Waals surface area contributed by atoms with E-state index in [9.17, 15) is 24.6 Å². The molecule has 1 aromatic heterocycles. The van der Waals surface area contributed by atoms with E-state index in [1.165, 1.54) is 11.0 Å². The summed E-state index contributed by atoms with van der Waals surface area (Å²) in [6.45, 7) is 12.5. The highest BCUT2D eigenvalue weighted by molar-refractivity contribution is 6.16. The van der Waals surface area contributed by atoms with Crippen molar-refractivity contribution in [2.45, 2.75) is 116 Å². The predicted octanol–water partition coefficient (Wildman–Crippen LogP) is 6.71. The number of carbonyl (C=O) groups excluding carboxylic acids is 3. The summed E-state index contributed by atoms with van der Waals surface area (Å²) in [4.78, 5) is 43.6. The molecule has 0 saturated carbocycles. The first kappa shape index (κ1) is 36.8. The van der Waals surface area contributed by atoms with Gasteiger partial charge in [0.2, 0.25) is 5.78 Å². The van der Waals surface area contributed by atoms with Crippen LogP contribution in [-0.2, 0) is 11.2 Å². The number of rotatable bonds is 11. The fourth-order valence-corrected chi connectivity index (χ4v) is 8.09. The summed E-state index contributed by atoms with van der Waals surface area (Å²) in [7, 11) is 0. The Hall–Kier alpha value is -3.97. The summed E-state index contributed by atoms with van der Waals surface area (Å²) >= 11 is 0. The van der Waals surface area contributed by atoms with Gasteiger partial charge in [0.1, 0.15) is 28.5 Å². The monoisotopic (exact) mass is 711 g/mol. The van der Waals surface area contributed by atoms with E-state index >= 15 is 4.39 Å². The largest absolute Gasteiger partial charge is 0.508 e. The molecule has 5 atom stereocenters. The average Bonchev–Trinajstić information content (AvgIpc) is 3.73. The predicted molar refractivity (Wildman–Crippen MR) is 184 cm³/mol. The maximum absolute atomic E-state index is 17.0. The van der Waals surface area contributed by atoms with Crippen molar-refractivity contribution in [1.82, 2.24) is 15.4 Å². The SMILES string of the molecule is CCCCOc1cc(C2CCCN2C(=O)OC(C)(C)C)c(F)c2c1C(=O)C1=C(O)[C@]3(O)C(=O)c4c(OCCCC)noc4[C@@H](NCC)[C@@H]3C[C@@H]1C2. The lowest BCUT2D eigenvalue weighted by molar-refractivity contribution is -0.0404. The van der Waals surface area contributed by atoms with E-state index in [0.717, 1.165) is 12.8 Å². The number of hydrogen-bond donors (Lipinski definition) is 3. The Kier molecular flexibility index (Phi) is 10.3. The first-order valence-corrected chi connectivity index (χ1v) is 18.4. The molecule has 3 N–H and O–H groups in total. The van der Waals surface area contributed by atoms with Crippen molar-refractivity contribution in [3.63, 3.8) is 0 Å². The van der Waals surface area contributed by atoms with Gasteiger partial charge in [-0.2, -0.15) is 0 Å². The van der Waals surface area contributed by atoms with Crippen LogP contribution in [-0.4, -0.2) is 75.4 Å². The van der Waals surface area contributed by atoms with Crippen LogP contribution >= 0.6 is 0 Å². The molecule has 51 heavy (non-hydrogen) atoms. The third-order valence-electron chi connectivity index (χ3n) is 10.5. The van der Waals surface area contributed by atoms with Gasteiger partial charge in [-0.15, -0.1) is 0 Å². The summed E-state index contributed by atoms with van der Waals surface area (Å²) in [6, 6.07) is 0.0844. The number of ketones is 2. The van der Waals surface area contributed by atoms with Crippen molar-refractivity contribution >= 4 is 17.7 Å². The molecular formula is C38H50FN3O9. The standard InChI is InChI=1S/C38H50FN3O9/c1-7-10-15-48-25-19-21(24-13-12-14-42(24)36(46)50-37(4,5)6)29(39)22-17-20-18-23-30(40-9-3)32-28(35(41-51-32)49-16-11-8-2)34(45)38(23,47)33(44)26(20)31(43)27(22)25/h19-20,23-24,30,40,44,47H,7-18H2,1-6H3/t20-,23-,24?,30-,38-/m0/s1. The second kappa shape index (κ2) is 14.2. The van der Waals surface area contributed by atoms with Gasteiger partial charge in [-0.3, -0.25) is 9.59 Å². The molecule has 3 aliphatic carbocycles. The molecule has 1 aliphatic heterocycles. The van der Waals surface area contributed by atoms with Crippen LogP contribution in [0.1, 0.15) is 136 Å². The van der Waals surface area contributed by atoms with Crippen LogP contribution in [0.2, 0.25) is 0 Å². The van der Waals surface area contributed by atoms with Gasteiger partial charge in [0.25, 0.3) is 5.88 Å². The summed E-state index contributed by atoms with van der Waals surface area (Å²) in [5.74, 6) is -4.41. The number of nitrogens with one attached hydrogen (secondary N) is 1. The van der Waals surface area contributed by atoms with Gasteiger partial charge in [-0.05, 0) is 83.0 Å². The number of hydrogen-bond acceptors (Lipinski definition) is 11. The summed E-state index contributed by atoms with van der Waals surface area (Å²) < 4.78 is 40.2. The van der Waals surface area contributed by atoms with Crippen LogP contribution in [0.15, 0.2) is 21.9 Å². The topological polar surface area (TPSA) is 161 Å². The lowest BCUT2D eigenvalue weighted by Crippen LogP contribution is -2.59. The van der Waals surface area contributed by atoms with Gasteiger partial charge in [-0.25, -0.2) is 9.18 Å². The molecule has 0 radical (unpaired) electrons. The van der Waals surface area contributed by atoms with Crippen LogP contribution in [0.4, 0.5) is 9.18 Å². The molecule has 12 nitrogen and oxygen atoms in total. The highest BCUT2D eigenvalue weighted by atomic mass is 19.1. The molecule has 1 amide bonds. The normalized spacial score (nSPS) is 25.7. The lowest BCUT2D eigenvalue weighted by atomic mass is 9.58. The summed E-state index contributed by atoms with van der Waals surface area (Å²) in [5.41, 5.74) is -3.13. The Bertz CT molecular complexity index is 1730. The number of nitrogens with zero attached hydrogens (tertiary/aromatic N) is 2. The Morgan fingerprint density at radius 2 is 1.84 bits per heavy atom. The molecule has 2 heterocycles. The molecule has 6 rings (SSSR count). The molecule has 0 bridgehead atoms. The fourth-order valence-electron chi connectivity index (χ4n) is 8.09. The summed E-state index contributed by atoms with van der Waals surface area (Å²) in [6.07, 6.45) is 3.67. The van der Waals surface area contributed by atoms with Gasteiger partial charge in [0.15, 0.2) is 17.1 Å². The average molecular weight is 712 g/mol. The van der Waals surface area contributed by atoms with E-state index in [-0.39, 0.29) is 71.3 Å². The van der Waals surface area contributed by atoms with E-state index in [0.29, 0.717) is 38.8 Å². The molecule has 4 aliphatic rings. The first-order chi connectivity index (χ1) is 24.3. The van der Waals surface area contributed by atoms with Crippen molar-refractivity contribution in [2.24, 2.45) is 11.8 Å². The number of aromatic nitrogens is 1. The second-order valence-corrected chi connectivity index (χ2v) is 15.1. The zero-order valence-corrected chi connectivity index (χ0v) is 30.4. The molecule has 1 saturated heterocycles. The molecule has 278 valence electrons. The number of Topliss-reactive ketones (excluding diaryl/α,β-unsaturated/α-hetero) is 2. The minimum Gasteiger partial charge on any atom is -0.508 e. The zero-order valence-electron chi connectivity index (χ0n) is 30.4. The number of fused-ring (bicyclic) bond motifs is 4. The maximum Gasteiger partial charge on any atom is 0.410 e. The van der Waals surface area contributed by atoms with E-state index in [1.54, 1.807) is 20.8 Å². The van der Waals surface area contributed by atoms with E-state index in [1.807, 2.05) is 20.8 Å². The minimum atomic E-state index is -2.49. The van der Waals surface area contributed by atoms with Crippen LogP contribution in [0.3, 0.4) is 0 Å². The minimum absolute atomic E-state index is 0.00229. The smallest absolute Gasteiger partial charge is 0.410 e. The number of aliphatic hydroxyl groups is 2. The highest BCUT2D eigenvalue weighted by Gasteiger charge is 2.63. The first-order valence-electron chi connectivity index (χ1n) is 18.4. The molecule has 1 unspecified atom stereocenters. The number of amides is 1. The molecular weight excluding hydrogens is 661 g/mol. The zero-order chi connectivity index (χ0) is 36.8. The van der Waals surface area contributed by atoms with Gasteiger partial charge in [-0.1, -0.05) is 33.6 Å². The number of benzene rings is 1. The number of allylic oxidation sites excluding steroid dienone is 1. The Labute approximate surface area is 297 Å². The van der Waals surface area contributed by atoms with E-state index < -0.39 is 64.4 Å². The van der Waals surface area contributed by atoms with Crippen LogP contribution < -0.4 is 14.8 Å². The Balaban J connectivity index is 1.45. The third kappa shape index (κ3) is 6.30. The number of unbranched alkanes of at least 4 members (excludes halogenated alkanes) is 2. The Morgan fingerprint density at radius 1 is 1.14 bits per heavy atom. The quantitative estimate of drug-likeness (QED) is 0.213. The number of likely N-dealkylation sites (tertiary alicyclic amines) is 1. The maximum atomic E-state index is 17.0. The van der Waals surface area contributed by atoms with Crippen LogP contribution in [0.25, 0.3) is 0 Å². The molecule has 2 aromatic rings. The van der Waals surface area contributed by atoms with Gasteiger partial charge in [0.05, 0.1) is 30.9 Å². The van der Waals surface area contributed by atoms with Crippen molar-refractivity contribution in [3.05, 3.63) is 51.2 Å². The van der Waals surface area contributed by atoms with E-state index in [4.69, 9.17) is 18.7 Å². The second-order valence-electron chi connectivity index (χ2n) is 15.1. The van der Waals surface area contributed by atoms with Gasteiger partial charge >= 0.3 is 6.09 Å². The summed E-state index contributed by atoms with van der Waals surface area (Å²) in [5, 5.41) is 31.5. The lowest BCUT2D eigenvalue weighted by Gasteiger charge is -2.48. The van der Waals surface area contributed by atoms with Gasteiger partial charge < -0.3 is 39.2 Å². The molecule has 13 heteroatoms. The third-order valence-corrected chi connectivity index (χ3v) is 10.5. The Morgan fingerprint density at radius 3 is 2.51 bits per heavy atom. The van der Waals surface area contributed by atoms with Crippen LogP contribution in [0, 0.1) is 17.7 Å². The molecule has 1 fully saturated rings. The van der Waals surface area contributed by atoms with Crippen molar-refractivity contribution < 1.29 is 47.7 Å². The van der Waals surface area contributed by atoms with Crippen molar-refractivity contribution in [2.75, 3.05) is 26.3 Å². The number of ether oxygens (including phenoxy) is 3.